The molecule has 6 atom stereocenters. The summed E-state index contributed by atoms with van der Waals surface area (Å²) < 4.78 is 0. The molecular formula is C15H26N2O2. The van der Waals surface area contributed by atoms with E-state index in [9.17, 15) is 9.90 Å². The fraction of sp³-hybridized carbons (Fsp3) is 0.933. The van der Waals surface area contributed by atoms with Crippen LogP contribution in [-0.2, 0) is 4.79 Å². The third kappa shape index (κ3) is 2.29. The van der Waals surface area contributed by atoms with Gasteiger partial charge in [0.05, 0.1) is 12.0 Å². The highest BCUT2D eigenvalue weighted by Gasteiger charge is 2.45. The van der Waals surface area contributed by atoms with Crippen LogP contribution in [0.15, 0.2) is 0 Å². The van der Waals surface area contributed by atoms with Crippen LogP contribution in [0.4, 0.5) is 0 Å². The molecule has 108 valence electrons. The molecule has 1 amide bonds. The first kappa shape index (κ1) is 13.4. The van der Waals surface area contributed by atoms with Crippen LogP contribution in [-0.4, -0.2) is 41.1 Å². The zero-order chi connectivity index (χ0) is 13.6. The quantitative estimate of drug-likeness (QED) is 0.743. The lowest BCUT2D eigenvalue weighted by Gasteiger charge is -2.35. The molecule has 6 unspecified atom stereocenters. The van der Waals surface area contributed by atoms with E-state index in [1.165, 1.54) is 0 Å². The van der Waals surface area contributed by atoms with Gasteiger partial charge >= 0.3 is 0 Å². The Kier molecular flexibility index (Phi) is 3.56. The van der Waals surface area contributed by atoms with Gasteiger partial charge in [-0.3, -0.25) is 4.79 Å². The molecule has 1 heterocycles. The molecule has 4 heteroatoms. The number of rotatable bonds is 1. The molecule has 19 heavy (non-hydrogen) atoms. The predicted octanol–water partition coefficient (Wildman–Crippen LogP) is 0.979. The van der Waals surface area contributed by atoms with Crippen LogP contribution >= 0.6 is 0 Å². The molecule has 3 fully saturated rings. The lowest BCUT2D eigenvalue weighted by molar-refractivity contribution is -0.137. The van der Waals surface area contributed by atoms with Crippen molar-refractivity contribution in [2.75, 3.05) is 13.1 Å². The third-order valence-corrected chi connectivity index (χ3v) is 5.74. The summed E-state index contributed by atoms with van der Waals surface area (Å²) in [7, 11) is 0. The summed E-state index contributed by atoms with van der Waals surface area (Å²) in [6.45, 7) is 3.76. The van der Waals surface area contributed by atoms with Gasteiger partial charge in [-0.15, -0.1) is 0 Å². The largest absolute Gasteiger partial charge is 0.393 e. The van der Waals surface area contributed by atoms with Crippen molar-refractivity contribution < 1.29 is 9.90 Å². The van der Waals surface area contributed by atoms with E-state index in [2.05, 4.69) is 6.92 Å². The molecular weight excluding hydrogens is 240 g/mol. The number of carbonyl (C=O) groups excluding carboxylic acids is 1. The smallest absolute Gasteiger partial charge is 0.227 e. The van der Waals surface area contributed by atoms with Crippen molar-refractivity contribution >= 4 is 5.91 Å². The summed E-state index contributed by atoms with van der Waals surface area (Å²) in [5, 5.41) is 9.94. The van der Waals surface area contributed by atoms with E-state index in [0.717, 1.165) is 45.2 Å². The fourth-order valence-corrected chi connectivity index (χ4v) is 4.38. The van der Waals surface area contributed by atoms with Gasteiger partial charge in [-0.1, -0.05) is 13.3 Å². The lowest BCUT2D eigenvalue weighted by Crippen LogP contribution is -2.48. The highest BCUT2D eigenvalue weighted by Crippen LogP contribution is 2.39. The van der Waals surface area contributed by atoms with Gasteiger partial charge in [0.2, 0.25) is 5.91 Å². The Morgan fingerprint density at radius 1 is 1.21 bits per heavy atom. The number of aliphatic hydroxyl groups is 1. The normalized spacial score (nSPS) is 46.4. The maximum atomic E-state index is 12.7. The Morgan fingerprint density at radius 3 is 2.74 bits per heavy atom. The minimum Gasteiger partial charge on any atom is -0.393 e. The first-order valence-corrected chi connectivity index (χ1v) is 7.80. The number of carbonyl (C=O) groups is 1. The van der Waals surface area contributed by atoms with Crippen LogP contribution in [0.2, 0.25) is 0 Å². The number of likely N-dealkylation sites (tertiary alicyclic amines) is 1. The van der Waals surface area contributed by atoms with E-state index in [4.69, 9.17) is 5.73 Å². The Balaban J connectivity index is 1.65. The Bertz CT molecular complexity index is 360. The summed E-state index contributed by atoms with van der Waals surface area (Å²) in [5.41, 5.74) is 6.24. The SMILES string of the molecule is CC1CCCC(C(=O)N2CC3CCC(O)C3C2)C1N. The minimum atomic E-state index is -0.193. The molecule has 1 saturated heterocycles. The Hall–Kier alpha value is -0.610. The van der Waals surface area contributed by atoms with Crippen LogP contribution in [0, 0.1) is 23.7 Å². The number of nitrogens with zero attached hydrogens (tertiary/aromatic N) is 1. The first-order chi connectivity index (χ1) is 9.08. The lowest BCUT2D eigenvalue weighted by atomic mass is 9.77. The highest BCUT2D eigenvalue weighted by molar-refractivity contribution is 5.80. The summed E-state index contributed by atoms with van der Waals surface area (Å²) in [6, 6.07) is 0.0200. The number of hydrogen-bond donors (Lipinski definition) is 2. The van der Waals surface area contributed by atoms with Gasteiger partial charge in [-0.25, -0.2) is 0 Å². The van der Waals surface area contributed by atoms with Gasteiger partial charge in [0.15, 0.2) is 0 Å². The van der Waals surface area contributed by atoms with Crippen molar-refractivity contribution in [2.45, 2.75) is 51.2 Å². The van der Waals surface area contributed by atoms with Gasteiger partial charge in [0, 0.05) is 25.0 Å². The molecule has 0 aromatic heterocycles. The molecule has 3 aliphatic rings. The van der Waals surface area contributed by atoms with Crippen LogP contribution < -0.4 is 5.73 Å². The van der Waals surface area contributed by atoms with Gasteiger partial charge < -0.3 is 15.7 Å². The molecule has 4 nitrogen and oxygen atoms in total. The summed E-state index contributed by atoms with van der Waals surface area (Å²) in [6.07, 6.45) is 5.00. The van der Waals surface area contributed by atoms with E-state index < -0.39 is 0 Å². The van der Waals surface area contributed by atoms with Gasteiger partial charge in [0.1, 0.15) is 0 Å². The maximum absolute atomic E-state index is 12.7. The zero-order valence-electron chi connectivity index (χ0n) is 11.8. The monoisotopic (exact) mass is 266 g/mol. The van der Waals surface area contributed by atoms with Crippen molar-refractivity contribution in [2.24, 2.45) is 29.4 Å². The predicted molar refractivity (Wildman–Crippen MR) is 73.3 cm³/mol. The van der Waals surface area contributed by atoms with E-state index in [1.54, 1.807) is 0 Å². The van der Waals surface area contributed by atoms with Crippen molar-refractivity contribution in [1.29, 1.82) is 0 Å². The van der Waals surface area contributed by atoms with Crippen LogP contribution in [0.5, 0.6) is 0 Å². The first-order valence-electron chi connectivity index (χ1n) is 7.80. The minimum absolute atomic E-state index is 0.0136. The van der Waals surface area contributed by atoms with E-state index in [-0.39, 0.29) is 24.0 Å². The fourth-order valence-electron chi connectivity index (χ4n) is 4.38. The molecule has 0 radical (unpaired) electrons. The molecule has 1 aliphatic heterocycles. The van der Waals surface area contributed by atoms with E-state index in [0.29, 0.717) is 17.8 Å². The van der Waals surface area contributed by atoms with Crippen LogP contribution in [0.25, 0.3) is 0 Å². The second-order valence-electron chi connectivity index (χ2n) is 6.90. The second kappa shape index (κ2) is 5.06. The average Bonchev–Trinajstić information content (AvgIpc) is 2.95. The molecule has 0 bridgehead atoms. The number of fused-ring (bicyclic) bond motifs is 1. The number of nitrogens with two attached hydrogens (primary N) is 1. The Morgan fingerprint density at radius 2 is 2.00 bits per heavy atom. The molecule has 3 N–H and O–H groups in total. The molecule has 2 aliphatic carbocycles. The maximum Gasteiger partial charge on any atom is 0.227 e. The molecule has 0 aromatic rings. The van der Waals surface area contributed by atoms with Crippen molar-refractivity contribution in [3.05, 3.63) is 0 Å². The van der Waals surface area contributed by atoms with Gasteiger partial charge in [-0.05, 0) is 37.5 Å². The summed E-state index contributed by atoms with van der Waals surface area (Å²) >= 11 is 0. The Labute approximate surface area is 115 Å². The summed E-state index contributed by atoms with van der Waals surface area (Å²) in [4.78, 5) is 14.6. The number of hydrogen-bond acceptors (Lipinski definition) is 3. The van der Waals surface area contributed by atoms with E-state index >= 15 is 0 Å². The number of aliphatic hydroxyl groups excluding tert-OH is 1. The van der Waals surface area contributed by atoms with Crippen LogP contribution in [0.1, 0.15) is 39.0 Å². The third-order valence-electron chi connectivity index (χ3n) is 5.74. The summed E-state index contributed by atoms with van der Waals surface area (Å²) in [5.74, 6) is 1.56. The van der Waals surface area contributed by atoms with Crippen molar-refractivity contribution in [1.82, 2.24) is 4.90 Å². The molecule has 2 saturated carbocycles. The molecule has 3 rings (SSSR count). The van der Waals surface area contributed by atoms with Crippen molar-refractivity contribution in [3.63, 3.8) is 0 Å². The zero-order valence-corrected chi connectivity index (χ0v) is 11.8. The van der Waals surface area contributed by atoms with Gasteiger partial charge in [-0.2, -0.15) is 0 Å². The molecule has 0 aromatic carbocycles. The van der Waals surface area contributed by atoms with Gasteiger partial charge in [0.25, 0.3) is 0 Å². The second-order valence-corrected chi connectivity index (χ2v) is 6.90. The van der Waals surface area contributed by atoms with E-state index in [1.807, 2.05) is 4.90 Å². The standard InChI is InChI=1S/C15H26N2O2/c1-9-3-2-4-11(14(9)16)15(19)17-7-10-5-6-13(18)12(10)8-17/h9-14,18H,2-8,16H2,1H3. The highest BCUT2D eigenvalue weighted by atomic mass is 16.3. The van der Waals surface area contributed by atoms with Crippen molar-refractivity contribution in [3.8, 4) is 0 Å². The van der Waals surface area contributed by atoms with Crippen LogP contribution in [0.3, 0.4) is 0 Å². The number of amides is 1. The topological polar surface area (TPSA) is 66.6 Å². The average molecular weight is 266 g/mol. The molecule has 0 spiro atoms.